The number of aryl methyl sites for hydroxylation is 1. The summed E-state index contributed by atoms with van der Waals surface area (Å²) in [6, 6.07) is 41.2. The third-order valence-corrected chi connectivity index (χ3v) is 6.42. The summed E-state index contributed by atoms with van der Waals surface area (Å²) in [4.78, 5) is 0. The first kappa shape index (κ1) is 17.9. The Morgan fingerprint density at radius 1 is 0.355 bits per heavy atom. The Kier molecular flexibility index (Phi) is 4.11. The lowest BCUT2D eigenvalue weighted by atomic mass is 9.99. The lowest BCUT2D eigenvalue weighted by molar-refractivity contribution is 1.54. The van der Waals surface area contributed by atoms with E-state index in [1.54, 1.807) is 0 Å². The van der Waals surface area contributed by atoms with E-state index in [1.807, 2.05) is 0 Å². The van der Waals surface area contributed by atoms with E-state index in [0.717, 1.165) is 0 Å². The van der Waals surface area contributed by atoms with Crippen LogP contribution in [-0.2, 0) is 0 Å². The summed E-state index contributed by atoms with van der Waals surface area (Å²) in [6.45, 7) is 2.16. The van der Waals surface area contributed by atoms with Crippen molar-refractivity contribution in [3.63, 3.8) is 0 Å². The molecule has 0 N–H and O–H groups in total. The molecule has 1 aliphatic rings. The van der Waals surface area contributed by atoms with Crippen molar-refractivity contribution in [2.75, 3.05) is 0 Å². The average molecular weight is 395 g/mol. The molecule has 6 aromatic rings. The smallest absolute Gasteiger partial charge is 0.00264 e. The fourth-order valence-corrected chi connectivity index (χ4v) is 4.94. The van der Waals surface area contributed by atoms with Crippen LogP contribution in [0.2, 0.25) is 0 Å². The summed E-state index contributed by atoms with van der Waals surface area (Å²) in [7, 11) is 0. The lowest BCUT2D eigenvalue weighted by Gasteiger charge is -2.05. The fraction of sp³-hybridized carbons (Fsp3) is 0.0323. The van der Waals surface area contributed by atoms with Crippen LogP contribution in [0.3, 0.4) is 0 Å². The molecule has 0 saturated heterocycles. The third kappa shape index (κ3) is 2.84. The van der Waals surface area contributed by atoms with Crippen LogP contribution in [-0.4, -0.2) is 0 Å². The number of fused-ring (bicyclic) bond motifs is 6. The molecule has 1 aliphatic carbocycles. The summed E-state index contributed by atoms with van der Waals surface area (Å²) < 4.78 is 0. The highest BCUT2D eigenvalue weighted by Crippen LogP contribution is 2.46. The molecule has 0 unspecified atom stereocenters. The van der Waals surface area contributed by atoms with E-state index < -0.39 is 0 Å². The standard InChI is InChI=1S/C16H10.C15H12/c1-2-8-13-12(7-1)14-9-3-5-11-6-4-10-15(13)16(11)14;1-11-5-4-8-15-13(11)10-9-12-6-2-3-7-14(12)15/h1-10H;2-10H,1H3. The highest BCUT2D eigenvalue weighted by Gasteiger charge is 2.19. The van der Waals surface area contributed by atoms with Gasteiger partial charge in [-0.3, -0.25) is 0 Å². The molecule has 0 amide bonds. The van der Waals surface area contributed by atoms with Gasteiger partial charge in [-0.15, -0.1) is 0 Å². The largest absolute Gasteiger partial charge is 0.0616 e. The Hall–Kier alpha value is -3.90. The highest BCUT2D eigenvalue weighted by molar-refractivity contribution is 6.15. The number of rotatable bonds is 0. The molecular formula is C31H22. The van der Waals surface area contributed by atoms with Crippen LogP contribution in [0, 0.1) is 6.92 Å². The zero-order valence-electron chi connectivity index (χ0n) is 17.5. The van der Waals surface area contributed by atoms with Crippen LogP contribution in [0.5, 0.6) is 0 Å². The van der Waals surface area contributed by atoms with Crippen LogP contribution in [0.1, 0.15) is 5.56 Å². The van der Waals surface area contributed by atoms with Crippen LogP contribution in [0.25, 0.3) is 54.6 Å². The number of benzene rings is 6. The van der Waals surface area contributed by atoms with Crippen molar-refractivity contribution in [2.45, 2.75) is 6.92 Å². The number of hydrogen-bond acceptors (Lipinski definition) is 0. The first-order chi connectivity index (χ1) is 15.3. The topological polar surface area (TPSA) is 0 Å². The second-order valence-electron chi connectivity index (χ2n) is 8.21. The summed E-state index contributed by atoms with van der Waals surface area (Å²) in [5, 5.41) is 8.12. The van der Waals surface area contributed by atoms with Gasteiger partial charge in [0.05, 0.1) is 0 Å². The molecule has 0 radical (unpaired) electrons. The van der Waals surface area contributed by atoms with Crippen molar-refractivity contribution in [3.8, 4) is 22.3 Å². The van der Waals surface area contributed by atoms with Gasteiger partial charge in [-0.05, 0) is 67.1 Å². The summed E-state index contributed by atoms with van der Waals surface area (Å²) >= 11 is 0. The first-order valence-corrected chi connectivity index (χ1v) is 10.8. The zero-order chi connectivity index (χ0) is 20.8. The maximum atomic E-state index is 2.22. The maximum Gasteiger partial charge on any atom is -0.00264 e. The van der Waals surface area contributed by atoms with Gasteiger partial charge in [0.25, 0.3) is 0 Å². The molecule has 31 heavy (non-hydrogen) atoms. The van der Waals surface area contributed by atoms with E-state index in [1.165, 1.54) is 60.1 Å². The molecule has 0 heterocycles. The van der Waals surface area contributed by atoms with Gasteiger partial charge in [0, 0.05) is 0 Å². The molecule has 0 aliphatic heterocycles. The summed E-state index contributed by atoms with van der Waals surface area (Å²) in [5.74, 6) is 0. The van der Waals surface area contributed by atoms with E-state index >= 15 is 0 Å². The summed E-state index contributed by atoms with van der Waals surface area (Å²) in [5.41, 5.74) is 6.84. The molecule has 0 fully saturated rings. The second-order valence-corrected chi connectivity index (χ2v) is 8.21. The first-order valence-electron chi connectivity index (χ1n) is 10.8. The summed E-state index contributed by atoms with van der Waals surface area (Å²) in [6.07, 6.45) is 0. The Bertz CT molecular complexity index is 1530. The monoisotopic (exact) mass is 394 g/mol. The Morgan fingerprint density at radius 2 is 0.903 bits per heavy atom. The van der Waals surface area contributed by atoms with Crippen molar-refractivity contribution in [1.82, 2.24) is 0 Å². The molecule has 0 spiro atoms. The van der Waals surface area contributed by atoms with Crippen molar-refractivity contribution in [1.29, 1.82) is 0 Å². The maximum absolute atomic E-state index is 2.22. The van der Waals surface area contributed by atoms with Crippen molar-refractivity contribution in [2.24, 2.45) is 0 Å². The van der Waals surface area contributed by atoms with E-state index in [4.69, 9.17) is 0 Å². The molecule has 0 heteroatoms. The predicted molar refractivity (Wildman–Crippen MR) is 135 cm³/mol. The zero-order valence-corrected chi connectivity index (χ0v) is 17.5. The van der Waals surface area contributed by atoms with Crippen molar-refractivity contribution < 1.29 is 0 Å². The van der Waals surface area contributed by atoms with Crippen molar-refractivity contribution >= 4 is 32.3 Å². The lowest BCUT2D eigenvalue weighted by Crippen LogP contribution is -1.80. The minimum absolute atomic E-state index is 1.32. The third-order valence-electron chi connectivity index (χ3n) is 6.42. The molecule has 0 atom stereocenters. The number of hydrogen-bond donors (Lipinski definition) is 0. The Balaban J connectivity index is 0.000000120. The predicted octanol–water partition coefficient (Wildman–Crippen LogP) is 8.79. The van der Waals surface area contributed by atoms with Crippen LogP contribution >= 0.6 is 0 Å². The molecule has 6 aromatic carbocycles. The Morgan fingerprint density at radius 3 is 1.65 bits per heavy atom. The second kappa shape index (κ2) is 7.11. The highest BCUT2D eigenvalue weighted by atomic mass is 14.2. The van der Waals surface area contributed by atoms with E-state index in [-0.39, 0.29) is 0 Å². The minimum atomic E-state index is 1.32. The van der Waals surface area contributed by atoms with Crippen molar-refractivity contribution in [3.05, 3.63) is 121 Å². The van der Waals surface area contributed by atoms with Gasteiger partial charge in [0.2, 0.25) is 0 Å². The SMILES string of the molecule is Cc1cccc2c1ccc1ccccc12.c1ccc2c(c1)-c1cccc3cccc-2c13. The molecular weight excluding hydrogens is 372 g/mol. The molecule has 0 saturated carbocycles. The van der Waals surface area contributed by atoms with Crippen LogP contribution in [0.4, 0.5) is 0 Å². The molecule has 0 bridgehead atoms. The van der Waals surface area contributed by atoms with E-state index in [2.05, 4.69) is 122 Å². The van der Waals surface area contributed by atoms with Gasteiger partial charge in [-0.1, -0.05) is 115 Å². The average Bonchev–Trinajstić information content (AvgIpc) is 3.16. The van der Waals surface area contributed by atoms with Gasteiger partial charge in [-0.2, -0.15) is 0 Å². The van der Waals surface area contributed by atoms with Gasteiger partial charge in [-0.25, -0.2) is 0 Å². The Labute approximate surface area is 182 Å². The van der Waals surface area contributed by atoms with Gasteiger partial charge in [0.1, 0.15) is 0 Å². The van der Waals surface area contributed by atoms with Gasteiger partial charge in [0.15, 0.2) is 0 Å². The van der Waals surface area contributed by atoms with Crippen LogP contribution < -0.4 is 0 Å². The molecule has 7 rings (SSSR count). The molecule has 0 nitrogen and oxygen atoms in total. The quantitative estimate of drug-likeness (QED) is 0.225. The van der Waals surface area contributed by atoms with E-state index in [9.17, 15) is 0 Å². The molecule has 146 valence electrons. The van der Waals surface area contributed by atoms with Gasteiger partial charge >= 0.3 is 0 Å². The van der Waals surface area contributed by atoms with Crippen LogP contribution in [0.15, 0.2) is 115 Å². The van der Waals surface area contributed by atoms with E-state index in [0.29, 0.717) is 0 Å². The normalized spacial score (nSPS) is 11.4. The minimum Gasteiger partial charge on any atom is -0.0616 e. The van der Waals surface area contributed by atoms with Gasteiger partial charge < -0.3 is 0 Å². The fourth-order valence-electron chi connectivity index (χ4n) is 4.94. The molecule has 0 aromatic heterocycles.